The van der Waals surface area contributed by atoms with Crippen LogP contribution >= 0.6 is 0 Å². The second-order valence-corrected chi connectivity index (χ2v) is 4.06. The van der Waals surface area contributed by atoms with Crippen LogP contribution in [0, 0.1) is 12.7 Å². The van der Waals surface area contributed by atoms with Crippen molar-refractivity contribution in [3.8, 4) is 0 Å². The van der Waals surface area contributed by atoms with Crippen LogP contribution in [0.15, 0.2) is 18.2 Å². The molecule has 18 heavy (non-hydrogen) atoms. The van der Waals surface area contributed by atoms with Crippen LogP contribution in [0.1, 0.15) is 23.6 Å². The van der Waals surface area contributed by atoms with Crippen molar-refractivity contribution in [2.45, 2.75) is 25.6 Å². The van der Waals surface area contributed by atoms with E-state index >= 15 is 0 Å². The fourth-order valence-corrected chi connectivity index (χ4v) is 1.61. The van der Waals surface area contributed by atoms with Crippen LogP contribution in [0.2, 0.25) is 0 Å². The van der Waals surface area contributed by atoms with Crippen LogP contribution in [-0.4, -0.2) is 19.4 Å². The van der Waals surface area contributed by atoms with Crippen LogP contribution < -0.4 is 5.73 Å². The van der Waals surface area contributed by atoms with Gasteiger partial charge < -0.3 is 10.5 Å². The highest BCUT2D eigenvalue weighted by atomic mass is 19.4. The lowest BCUT2D eigenvalue weighted by Gasteiger charge is -2.15. The molecule has 102 valence electrons. The van der Waals surface area contributed by atoms with E-state index in [0.717, 1.165) is 0 Å². The van der Waals surface area contributed by atoms with E-state index in [1.165, 1.54) is 12.1 Å². The van der Waals surface area contributed by atoms with Gasteiger partial charge in [0.1, 0.15) is 12.4 Å². The molecule has 0 aromatic heterocycles. The minimum atomic E-state index is -4.32. The predicted molar refractivity (Wildman–Crippen MR) is 59.6 cm³/mol. The van der Waals surface area contributed by atoms with E-state index in [-0.39, 0.29) is 18.8 Å². The highest BCUT2D eigenvalue weighted by molar-refractivity contribution is 5.29. The summed E-state index contributed by atoms with van der Waals surface area (Å²) in [5, 5.41) is 0. The van der Waals surface area contributed by atoms with Crippen molar-refractivity contribution in [2.24, 2.45) is 5.73 Å². The van der Waals surface area contributed by atoms with Crippen molar-refractivity contribution < 1.29 is 22.3 Å². The average molecular weight is 265 g/mol. The summed E-state index contributed by atoms with van der Waals surface area (Å²) < 4.78 is 52.8. The molecule has 2 nitrogen and oxygen atoms in total. The van der Waals surface area contributed by atoms with Crippen LogP contribution in [0.4, 0.5) is 17.6 Å². The van der Waals surface area contributed by atoms with Crippen LogP contribution in [0.5, 0.6) is 0 Å². The fourth-order valence-electron chi connectivity index (χ4n) is 1.61. The number of ether oxygens (including phenoxy) is 1. The molecule has 1 unspecified atom stereocenters. The Morgan fingerprint density at radius 2 is 2.00 bits per heavy atom. The van der Waals surface area contributed by atoms with Gasteiger partial charge in [-0.1, -0.05) is 6.07 Å². The van der Waals surface area contributed by atoms with Gasteiger partial charge in [0.05, 0.1) is 0 Å². The molecule has 1 aromatic carbocycles. The van der Waals surface area contributed by atoms with Crippen molar-refractivity contribution in [1.82, 2.24) is 0 Å². The Morgan fingerprint density at radius 1 is 1.33 bits per heavy atom. The molecule has 0 amide bonds. The summed E-state index contributed by atoms with van der Waals surface area (Å²) >= 11 is 0. The molecule has 1 rings (SSSR count). The third kappa shape index (κ3) is 5.01. The van der Waals surface area contributed by atoms with Crippen LogP contribution in [-0.2, 0) is 4.74 Å². The molecule has 0 heterocycles. The highest BCUT2D eigenvalue weighted by Gasteiger charge is 2.27. The second kappa shape index (κ2) is 6.15. The van der Waals surface area contributed by atoms with E-state index in [0.29, 0.717) is 11.1 Å². The first-order valence-corrected chi connectivity index (χ1v) is 5.46. The maximum atomic E-state index is 12.9. The third-order valence-corrected chi connectivity index (χ3v) is 2.47. The smallest absolute Gasteiger partial charge is 0.372 e. The predicted octanol–water partition coefficient (Wildman–Crippen LogP) is 3.10. The lowest BCUT2D eigenvalue weighted by Crippen LogP contribution is -2.20. The molecular formula is C12H15F4NO. The zero-order chi connectivity index (χ0) is 13.8. The quantitative estimate of drug-likeness (QED) is 0.656. The SMILES string of the molecule is Cc1cc(F)ccc1C(N)CCOCC(F)(F)F. The topological polar surface area (TPSA) is 35.2 Å². The zero-order valence-corrected chi connectivity index (χ0v) is 9.93. The normalized spacial score (nSPS) is 13.7. The first-order valence-electron chi connectivity index (χ1n) is 5.46. The van der Waals surface area contributed by atoms with Crippen molar-refractivity contribution in [1.29, 1.82) is 0 Å². The van der Waals surface area contributed by atoms with E-state index in [2.05, 4.69) is 4.74 Å². The van der Waals surface area contributed by atoms with Gasteiger partial charge in [-0.3, -0.25) is 0 Å². The summed E-state index contributed by atoms with van der Waals surface area (Å²) in [6.07, 6.45) is -4.07. The van der Waals surface area contributed by atoms with Crippen molar-refractivity contribution >= 4 is 0 Å². The van der Waals surface area contributed by atoms with Gasteiger partial charge in [0, 0.05) is 12.6 Å². The fraction of sp³-hybridized carbons (Fsp3) is 0.500. The monoisotopic (exact) mass is 265 g/mol. The molecule has 0 bridgehead atoms. The van der Waals surface area contributed by atoms with Crippen molar-refractivity contribution in [3.05, 3.63) is 35.1 Å². The van der Waals surface area contributed by atoms with Gasteiger partial charge in [-0.25, -0.2) is 4.39 Å². The molecule has 0 aliphatic rings. The average Bonchev–Trinajstić information content (AvgIpc) is 2.22. The van der Waals surface area contributed by atoms with E-state index in [4.69, 9.17) is 5.73 Å². The first kappa shape index (κ1) is 14.9. The van der Waals surface area contributed by atoms with E-state index < -0.39 is 18.8 Å². The van der Waals surface area contributed by atoms with E-state index in [9.17, 15) is 17.6 Å². The number of alkyl halides is 3. The molecule has 1 atom stereocenters. The van der Waals surface area contributed by atoms with Gasteiger partial charge in [0.2, 0.25) is 0 Å². The van der Waals surface area contributed by atoms with Gasteiger partial charge in [-0.05, 0) is 36.6 Å². The molecule has 0 saturated carbocycles. The molecule has 0 saturated heterocycles. The van der Waals surface area contributed by atoms with Crippen LogP contribution in [0.3, 0.4) is 0 Å². The number of benzene rings is 1. The first-order chi connectivity index (χ1) is 8.29. The van der Waals surface area contributed by atoms with Gasteiger partial charge in [0.15, 0.2) is 0 Å². The molecule has 0 fully saturated rings. The number of halogens is 4. The molecule has 0 aliphatic heterocycles. The van der Waals surface area contributed by atoms with Gasteiger partial charge in [0.25, 0.3) is 0 Å². The summed E-state index contributed by atoms with van der Waals surface area (Å²) in [5.74, 6) is -0.364. The minimum absolute atomic E-state index is 0.0858. The Labute approximate surface area is 103 Å². The van der Waals surface area contributed by atoms with Gasteiger partial charge in [-0.15, -0.1) is 0 Å². The largest absolute Gasteiger partial charge is 0.411 e. The number of hydrogen-bond acceptors (Lipinski definition) is 2. The Morgan fingerprint density at radius 3 is 2.56 bits per heavy atom. The Balaban J connectivity index is 2.43. The molecular weight excluding hydrogens is 250 g/mol. The van der Waals surface area contributed by atoms with E-state index in [1.807, 2.05) is 0 Å². The summed E-state index contributed by atoms with van der Waals surface area (Å²) in [7, 11) is 0. The molecule has 6 heteroatoms. The van der Waals surface area contributed by atoms with Gasteiger partial charge >= 0.3 is 6.18 Å². The summed E-state index contributed by atoms with van der Waals surface area (Å²) in [6.45, 7) is 0.342. The van der Waals surface area contributed by atoms with Crippen molar-refractivity contribution in [2.75, 3.05) is 13.2 Å². The van der Waals surface area contributed by atoms with E-state index in [1.54, 1.807) is 13.0 Å². The molecule has 2 N–H and O–H groups in total. The molecule has 0 spiro atoms. The Hall–Kier alpha value is -1.14. The number of aryl methyl sites for hydroxylation is 1. The number of rotatable bonds is 5. The number of hydrogen-bond donors (Lipinski definition) is 1. The van der Waals surface area contributed by atoms with Crippen LogP contribution in [0.25, 0.3) is 0 Å². The minimum Gasteiger partial charge on any atom is -0.372 e. The maximum Gasteiger partial charge on any atom is 0.411 e. The second-order valence-electron chi connectivity index (χ2n) is 4.06. The summed E-state index contributed by atoms with van der Waals surface area (Å²) in [6, 6.07) is 3.70. The molecule has 1 aromatic rings. The number of nitrogens with two attached hydrogens (primary N) is 1. The summed E-state index contributed by atoms with van der Waals surface area (Å²) in [4.78, 5) is 0. The Bertz CT molecular complexity index is 392. The maximum absolute atomic E-state index is 12.9. The molecule has 0 aliphatic carbocycles. The standard InChI is InChI=1S/C12H15F4NO/c1-8-6-9(13)2-3-10(8)11(17)4-5-18-7-12(14,15)16/h2-3,6,11H,4-5,7,17H2,1H3. The Kier molecular flexibility index (Phi) is 5.10. The summed E-state index contributed by atoms with van der Waals surface area (Å²) in [5.41, 5.74) is 7.21. The third-order valence-electron chi connectivity index (χ3n) is 2.47. The molecule has 0 radical (unpaired) electrons. The highest BCUT2D eigenvalue weighted by Crippen LogP contribution is 2.20. The lowest BCUT2D eigenvalue weighted by molar-refractivity contribution is -0.174. The van der Waals surface area contributed by atoms with Gasteiger partial charge in [-0.2, -0.15) is 13.2 Å². The zero-order valence-electron chi connectivity index (χ0n) is 9.93. The van der Waals surface area contributed by atoms with Crippen molar-refractivity contribution in [3.63, 3.8) is 0 Å². The lowest BCUT2D eigenvalue weighted by atomic mass is 10.00.